The van der Waals surface area contributed by atoms with E-state index in [1.165, 1.54) is 16.7 Å². The molecule has 0 saturated heterocycles. The van der Waals surface area contributed by atoms with E-state index >= 15 is 0 Å². The number of benzene rings is 6. The quantitative estimate of drug-likeness (QED) is 0.137. The number of para-hydroxylation sites is 5. The third-order valence-corrected chi connectivity index (χ3v) is 9.33. The minimum Gasteiger partial charge on any atom is -0.331 e. The summed E-state index contributed by atoms with van der Waals surface area (Å²) in [4.78, 5) is 11.9. The summed E-state index contributed by atoms with van der Waals surface area (Å²) in [6.45, 7) is 4.34. The van der Waals surface area contributed by atoms with E-state index in [0.717, 1.165) is 56.3 Å². The largest absolute Gasteiger partial charge is 0.331 e. The molecule has 0 aliphatic carbocycles. The number of imidazole rings is 2. The molecule has 6 nitrogen and oxygen atoms in total. The number of nitrogens with zero attached hydrogens (tertiary/aromatic N) is 6. The van der Waals surface area contributed by atoms with Crippen LogP contribution < -0.4 is 4.90 Å². The highest BCUT2D eigenvalue weighted by Gasteiger charge is 2.24. The van der Waals surface area contributed by atoms with Crippen molar-refractivity contribution >= 4 is 63.1 Å². The van der Waals surface area contributed by atoms with Crippen molar-refractivity contribution in [3.63, 3.8) is 0 Å². The summed E-state index contributed by atoms with van der Waals surface area (Å²) in [5, 5.41) is 0. The van der Waals surface area contributed by atoms with Gasteiger partial charge in [-0.05, 0) is 97.3 Å². The molecule has 8 aromatic rings. The summed E-state index contributed by atoms with van der Waals surface area (Å²) in [6.07, 6.45) is 5.25. The summed E-state index contributed by atoms with van der Waals surface area (Å²) >= 11 is 0. The molecular formula is C42H32N6. The third kappa shape index (κ3) is 4.45. The predicted octanol–water partition coefficient (Wildman–Crippen LogP) is 9.89. The molecule has 2 aromatic heterocycles. The van der Waals surface area contributed by atoms with E-state index in [0.29, 0.717) is 0 Å². The lowest BCUT2D eigenvalue weighted by molar-refractivity contribution is -0.461. The van der Waals surface area contributed by atoms with Crippen molar-refractivity contribution in [2.75, 3.05) is 4.90 Å². The lowest BCUT2D eigenvalue weighted by Gasteiger charge is -2.28. The van der Waals surface area contributed by atoms with Gasteiger partial charge in [0.25, 0.3) is 0 Å². The summed E-state index contributed by atoms with van der Waals surface area (Å²) < 4.78 is 6.66. The van der Waals surface area contributed by atoms with E-state index in [1.807, 2.05) is 12.3 Å². The van der Waals surface area contributed by atoms with Crippen molar-refractivity contribution in [3.05, 3.63) is 162 Å². The number of rotatable bonds is 6. The van der Waals surface area contributed by atoms with Crippen molar-refractivity contribution in [3.8, 4) is 5.69 Å². The van der Waals surface area contributed by atoms with Crippen LogP contribution in [0.2, 0.25) is 0 Å². The molecule has 48 heavy (non-hydrogen) atoms. The average molecular weight is 621 g/mol. The number of aryl methyl sites for hydroxylation is 2. The Bertz CT molecular complexity index is 2530. The Labute approximate surface area is 278 Å². The molecule has 0 amide bonds. The maximum absolute atomic E-state index is 5.11. The molecule has 6 heteroatoms. The van der Waals surface area contributed by atoms with Gasteiger partial charge in [-0.2, -0.15) is 4.99 Å². The fourth-order valence-corrected chi connectivity index (χ4v) is 7.19. The van der Waals surface area contributed by atoms with Gasteiger partial charge in [-0.1, -0.05) is 78.9 Å². The molecule has 0 N–H and O–H groups in total. The third-order valence-electron chi connectivity index (χ3n) is 9.33. The Kier molecular flexibility index (Phi) is 6.54. The molecule has 9 rings (SSSR count). The zero-order valence-corrected chi connectivity index (χ0v) is 26.7. The summed E-state index contributed by atoms with van der Waals surface area (Å²) in [6, 6.07) is 51.2. The first kappa shape index (κ1) is 28.0. The van der Waals surface area contributed by atoms with Gasteiger partial charge < -0.3 is 9.48 Å². The fraction of sp³-hybridized carbons (Fsp3) is 0.0714. The average Bonchev–Trinajstić information content (AvgIpc) is 3.83. The lowest BCUT2D eigenvalue weighted by Crippen LogP contribution is -2.16. The van der Waals surface area contributed by atoms with Gasteiger partial charge in [0, 0.05) is 22.7 Å². The van der Waals surface area contributed by atoms with Gasteiger partial charge in [-0.3, -0.25) is 8.97 Å². The van der Waals surface area contributed by atoms with Crippen molar-refractivity contribution in [2.45, 2.75) is 19.9 Å². The molecule has 0 bridgehead atoms. The Morgan fingerprint density at radius 1 is 0.625 bits per heavy atom. The lowest BCUT2D eigenvalue weighted by atomic mass is 9.96. The van der Waals surface area contributed by atoms with Crippen molar-refractivity contribution < 1.29 is 4.58 Å². The standard InChI is InChI=1S/C42H32N6/c1-29-13-10-14-30(2)41(29)40-27-43-28-45(40)32-17-11-18-33(25-32)46(31-15-4-3-5-16-31)34-19-12-20-35(26-34)47-38-23-8-9-24-39(38)48-37-22-7-6-21-36(37)44-42(47)48/h3-27,40H,1-2H3. The van der Waals surface area contributed by atoms with Crippen LogP contribution in [0.15, 0.2) is 151 Å². The van der Waals surface area contributed by atoms with Crippen LogP contribution in [-0.2, 0) is 0 Å². The second kappa shape index (κ2) is 11.2. The molecule has 1 unspecified atom stereocenters. The van der Waals surface area contributed by atoms with E-state index in [-0.39, 0.29) is 6.04 Å². The maximum atomic E-state index is 5.11. The van der Waals surface area contributed by atoms with Crippen molar-refractivity contribution in [1.82, 2.24) is 14.0 Å². The van der Waals surface area contributed by atoms with Gasteiger partial charge in [-0.25, -0.2) is 4.98 Å². The summed E-state index contributed by atoms with van der Waals surface area (Å²) in [5.41, 5.74) is 13.3. The van der Waals surface area contributed by atoms with Crippen LogP contribution >= 0.6 is 0 Å². The Morgan fingerprint density at radius 2 is 1.27 bits per heavy atom. The molecule has 1 aliphatic heterocycles. The Morgan fingerprint density at radius 3 is 2.08 bits per heavy atom. The van der Waals surface area contributed by atoms with Crippen LogP contribution in [0.25, 0.3) is 33.5 Å². The molecule has 1 atom stereocenters. The molecule has 0 saturated carbocycles. The predicted molar refractivity (Wildman–Crippen MR) is 196 cm³/mol. The molecular weight excluding hydrogens is 589 g/mol. The molecule has 6 aromatic carbocycles. The van der Waals surface area contributed by atoms with Gasteiger partial charge in [-0.15, -0.1) is 0 Å². The van der Waals surface area contributed by atoms with Crippen LogP contribution in [0, 0.1) is 13.8 Å². The van der Waals surface area contributed by atoms with E-state index < -0.39 is 0 Å². The van der Waals surface area contributed by atoms with Gasteiger partial charge >= 0.3 is 0 Å². The molecule has 230 valence electrons. The van der Waals surface area contributed by atoms with Crippen LogP contribution in [0.3, 0.4) is 0 Å². The SMILES string of the molecule is Cc1cccc(C)c1C1C=N[C-]=[N+]1c1cccc(N(c2ccccc2)c2cccc(-n3c4ccccc4n4c5ccccc5nc34)c2)c1. The van der Waals surface area contributed by atoms with Crippen LogP contribution in [0.4, 0.5) is 22.7 Å². The topological polar surface area (TPSA) is 40.8 Å². The highest BCUT2D eigenvalue weighted by molar-refractivity contribution is 5.92. The fourth-order valence-electron chi connectivity index (χ4n) is 7.19. The van der Waals surface area contributed by atoms with Crippen LogP contribution in [0.1, 0.15) is 22.7 Å². The molecule has 3 heterocycles. The normalized spacial score (nSPS) is 14.3. The van der Waals surface area contributed by atoms with E-state index in [2.05, 4.69) is 183 Å². The van der Waals surface area contributed by atoms with Crippen LogP contribution in [-0.4, -0.2) is 31.1 Å². The van der Waals surface area contributed by atoms with Crippen molar-refractivity contribution in [2.24, 2.45) is 4.99 Å². The Hall–Kier alpha value is -6.27. The second-order valence-electron chi connectivity index (χ2n) is 12.3. The monoisotopic (exact) mass is 620 g/mol. The maximum Gasteiger partial charge on any atom is 0.248 e. The highest BCUT2D eigenvalue weighted by atomic mass is 15.2. The summed E-state index contributed by atoms with van der Waals surface area (Å²) in [7, 11) is 0. The van der Waals surface area contributed by atoms with Gasteiger partial charge in [0.15, 0.2) is 0 Å². The second-order valence-corrected chi connectivity index (χ2v) is 12.3. The minimum atomic E-state index is -0.0237. The summed E-state index contributed by atoms with van der Waals surface area (Å²) in [5.74, 6) is 0.889. The first-order chi connectivity index (χ1) is 23.7. The molecule has 1 aliphatic rings. The van der Waals surface area contributed by atoms with Gasteiger partial charge in [0.1, 0.15) is 6.04 Å². The number of hydrogen-bond acceptors (Lipinski definition) is 3. The van der Waals surface area contributed by atoms with E-state index in [4.69, 9.17) is 4.98 Å². The number of anilines is 3. The molecule has 0 radical (unpaired) electrons. The number of fused-ring (bicyclic) bond motifs is 5. The number of hydrogen-bond donors (Lipinski definition) is 0. The Balaban J connectivity index is 1.19. The molecule has 0 spiro atoms. The van der Waals surface area contributed by atoms with E-state index in [9.17, 15) is 0 Å². The smallest absolute Gasteiger partial charge is 0.248 e. The number of aliphatic imine (C=N–C) groups is 1. The zero-order chi connectivity index (χ0) is 32.2. The number of aromatic nitrogens is 3. The van der Waals surface area contributed by atoms with E-state index in [1.54, 1.807) is 0 Å². The first-order valence-corrected chi connectivity index (χ1v) is 16.2. The van der Waals surface area contributed by atoms with Crippen LogP contribution in [0.5, 0.6) is 0 Å². The molecule has 0 fully saturated rings. The zero-order valence-electron chi connectivity index (χ0n) is 26.7. The van der Waals surface area contributed by atoms with Gasteiger partial charge in [0.05, 0.1) is 34.0 Å². The first-order valence-electron chi connectivity index (χ1n) is 16.2. The van der Waals surface area contributed by atoms with Gasteiger partial charge in [0.2, 0.25) is 12.1 Å². The van der Waals surface area contributed by atoms with Crippen molar-refractivity contribution in [1.29, 1.82) is 0 Å². The minimum absolute atomic E-state index is 0.0237. The highest BCUT2D eigenvalue weighted by Crippen LogP contribution is 2.39.